The van der Waals surface area contributed by atoms with E-state index < -0.39 is 0 Å². The summed E-state index contributed by atoms with van der Waals surface area (Å²) in [5, 5.41) is 6.86. The number of benzene rings is 1. The summed E-state index contributed by atoms with van der Waals surface area (Å²) in [7, 11) is 0. The number of pyridine rings is 1. The maximum Gasteiger partial charge on any atom is 0.236 e. The standard InChI is InChI=1S/C25H39N5O/c1-2-3-4-5-7-14-27-16-17-30(25(31)18-26)21-23-12-10-22(11-13-23)19-28-20-24-9-6-8-15-29-24/h6,8-13,15,27-28H,2-5,7,14,16-21,26H2,1H3. The first kappa shape index (κ1) is 25.0. The molecule has 0 unspecified atom stereocenters. The Kier molecular flexibility index (Phi) is 12.5. The van der Waals surface area contributed by atoms with E-state index in [0.29, 0.717) is 13.1 Å². The zero-order valence-electron chi connectivity index (χ0n) is 19.0. The average Bonchev–Trinajstić information content (AvgIpc) is 2.81. The van der Waals surface area contributed by atoms with Crippen LogP contribution in [0.5, 0.6) is 0 Å². The molecule has 0 aliphatic heterocycles. The molecule has 0 saturated heterocycles. The fourth-order valence-electron chi connectivity index (χ4n) is 3.43. The van der Waals surface area contributed by atoms with Gasteiger partial charge in [0.05, 0.1) is 12.2 Å². The van der Waals surface area contributed by atoms with Crippen molar-refractivity contribution in [2.75, 3.05) is 26.2 Å². The Morgan fingerprint density at radius 1 is 0.935 bits per heavy atom. The number of aromatic nitrogens is 1. The van der Waals surface area contributed by atoms with Crippen molar-refractivity contribution in [3.8, 4) is 0 Å². The van der Waals surface area contributed by atoms with E-state index in [4.69, 9.17) is 5.73 Å². The molecule has 6 heteroatoms. The lowest BCUT2D eigenvalue weighted by atomic mass is 10.1. The molecule has 0 spiro atoms. The van der Waals surface area contributed by atoms with Gasteiger partial charge in [-0.05, 0) is 36.2 Å². The monoisotopic (exact) mass is 425 g/mol. The molecule has 2 rings (SSSR count). The lowest BCUT2D eigenvalue weighted by Gasteiger charge is -2.22. The SMILES string of the molecule is CCCCCCCNCCN(Cc1ccc(CNCc2ccccn2)cc1)C(=O)CN. The maximum absolute atomic E-state index is 12.3. The van der Waals surface area contributed by atoms with Crippen molar-refractivity contribution in [1.29, 1.82) is 0 Å². The first-order valence-electron chi connectivity index (χ1n) is 11.6. The van der Waals surface area contributed by atoms with Crippen LogP contribution >= 0.6 is 0 Å². The Bertz CT molecular complexity index is 720. The molecule has 1 aromatic heterocycles. The van der Waals surface area contributed by atoms with Gasteiger partial charge in [0.15, 0.2) is 0 Å². The van der Waals surface area contributed by atoms with Gasteiger partial charge in [0.2, 0.25) is 5.91 Å². The van der Waals surface area contributed by atoms with E-state index >= 15 is 0 Å². The van der Waals surface area contributed by atoms with Crippen LogP contribution in [0.2, 0.25) is 0 Å². The maximum atomic E-state index is 12.3. The molecule has 0 atom stereocenters. The minimum absolute atomic E-state index is 0.00847. The number of rotatable bonds is 16. The molecule has 4 N–H and O–H groups in total. The Hall–Kier alpha value is -2.28. The summed E-state index contributed by atoms with van der Waals surface area (Å²) in [5.74, 6) is -0.00847. The number of nitrogens with one attached hydrogen (secondary N) is 2. The largest absolute Gasteiger partial charge is 0.336 e. The van der Waals surface area contributed by atoms with Gasteiger partial charge in [-0.25, -0.2) is 0 Å². The van der Waals surface area contributed by atoms with Gasteiger partial charge in [0.1, 0.15) is 0 Å². The highest BCUT2D eigenvalue weighted by Crippen LogP contribution is 2.08. The highest BCUT2D eigenvalue weighted by atomic mass is 16.2. The van der Waals surface area contributed by atoms with E-state index in [1.54, 1.807) is 0 Å². The fourth-order valence-corrected chi connectivity index (χ4v) is 3.43. The van der Waals surface area contributed by atoms with Crippen LogP contribution in [0.3, 0.4) is 0 Å². The first-order valence-corrected chi connectivity index (χ1v) is 11.6. The number of nitrogens with two attached hydrogens (primary N) is 1. The van der Waals surface area contributed by atoms with Crippen LogP contribution in [-0.2, 0) is 24.4 Å². The van der Waals surface area contributed by atoms with E-state index in [2.05, 4.69) is 46.8 Å². The topological polar surface area (TPSA) is 83.3 Å². The summed E-state index contributed by atoms with van der Waals surface area (Å²) in [6, 6.07) is 14.3. The summed E-state index contributed by atoms with van der Waals surface area (Å²) in [5.41, 5.74) is 8.99. The smallest absolute Gasteiger partial charge is 0.236 e. The molecule has 6 nitrogen and oxygen atoms in total. The molecule has 1 heterocycles. The Labute approximate surface area is 187 Å². The van der Waals surface area contributed by atoms with E-state index in [1.807, 2.05) is 29.3 Å². The molecule has 170 valence electrons. The van der Waals surface area contributed by atoms with Gasteiger partial charge in [-0.15, -0.1) is 0 Å². The normalized spacial score (nSPS) is 10.9. The van der Waals surface area contributed by atoms with Gasteiger partial charge in [0.25, 0.3) is 0 Å². The number of unbranched alkanes of at least 4 members (excludes halogenated alkanes) is 4. The van der Waals surface area contributed by atoms with Crippen molar-refractivity contribution in [2.24, 2.45) is 5.73 Å². The third kappa shape index (κ3) is 10.5. The number of carbonyl (C=O) groups is 1. The second-order valence-corrected chi connectivity index (χ2v) is 7.92. The van der Waals surface area contributed by atoms with Crippen LogP contribution in [-0.4, -0.2) is 42.0 Å². The van der Waals surface area contributed by atoms with Crippen LogP contribution in [0.1, 0.15) is 55.8 Å². The number of nitrogens with zero attached hydrogens (tertiary/aromatic N) is 2. The molecule has 2 aromatic rings. The molecule has 31 heavy (non-hydrogen) atoms. The Balaban J connectivity index is 1.71. The van der Waals surface area contributed by atoms with Gasteiger partial charge >= 0.3 is 0 Å². The number of hydrogen-bond donors (Lipinski definition) is 3. The summed E-state index contributed by atoms with van der Waals surface area (Å²) < 4.78 is 0. The van der Waals surface area contributed by atoms with Crippen molar-refractivity contribution in [3.05, 3.63) is 65.5 Å². The quantitative estimate of drug-likeness (QED) is 0.360. The predicted molar refractivity (Wildman–Crippen MR) is 127 cm³/mol. The number of amides is 1. The van der Waals surface area contributed by atoms with Gasteiger partial charge in [-0.3, -0.25) is 9.78 Å². The lowest BCUT2D eigenvalue weighted by Crippen LogP contribution is -2.40. The predicted octanol–water partition coefficient (Wildman–Crippen LogP) is 3.22. The van der Waals surface area contributed by atoms with Crippen molar-refractivity contribution in [2.45, 2.75) is 58.7 Å². The molecule has 1 amide bonds. The second-order valence-electron chi connectivity index (χ2n) is 7.92. The Morgan fingerprint density at radius 2 is 1.71 bits per heavy atom. The van der Waals surface area contributed by atoms with Crippen molar-refractivity contribution in [1.82, 2.24) is 20.5 Å². The molecule has 0 radical (unpaired) electrons. The van der Waals surface area contributed by atoms with Crippen LogP contribution in [0.25, 0.3) is 0 Å². The van der Waals surface area contributed by atoms with Gasteiger partial charge in [-0.1, -0.05) is 62.9 Å². The van der Waals surface area contributed by atoms with Crippen molar-refractivity contribution < 1.29 is 4.79 Å². The van der Waals surface area contributed by atoms with E-state index in [9.17, 15) is 4.79 Å². The van der Waals surface area contributed by atoms with Crippen LogP contribution in [0.4, 0.5) is 0 Å². The summed E-state index contributed by atoms with van der Waals surface area (Å²) in [4.78, 5) is 18.4. The summed E-state index contributed by atoms with van der Waals surface area (Å²) in [6.45, 7) is 6.89. The highest BCUT2D eigenvalue weighted by molar-refractivity contribution is 5.78. The minimum Gasteiger partial charge on any atom is -0.336 e. The van der Waals surface area contributed by atoms with E-state index in [0.717, 1.165) is 37.4 Å². The van der Waals surface area contributed by atoms with Crippen LogP contribution < -0.4 is 16.4 Å². The molecule has 0 aliphatic rings. The molecule has 1 aromatic carbocycles. The third-order valence-electron chi connectivity index (χ3n) is 5.30. The Morgan fingerprint density at radius 3 is 2.42 bits per heavy atom. The molecular weight excluding hydrogens is 386 g/mol. The van der Waals surface area contributed by atoms with E-state index in [1.165, 1.54) is 37.7 Å². The van der Waals surface area contributed by atoms with Crippen molar-refractivity contribution >= 4 is 5.91 Å². The summed E-state index contributed by atoms with van der Waals surface area (Å²) >= 11 is 0. The average molecular weight is 426 g/mol. The number of carbonyl (C=O) groups excluding carboxylic acids is 1. The minimum atomic E-state index is -0.00847. The van der Waals surface area contributed by atoms with Gasteiger partial charge in [0, 0.05) is 38.9 Å². The molecule has 0 aliphatic carbocycles. The van der Waals surface area contributed by atoms with Crippen LogP contribution in [0, 0.1) is 0 Å². The molecule has 0 fully saturated rings. The zero-order chi connectivity index (χ0) is 22.2. The van der Waals surface area contributed by atoms with Crippen molar-refractivity contribution in [3.63, 3.8) is 0 Å². The molecule has 0 saturated carbocycles. The zero-order valence-corrected chi connectivity index (χ0v) is 19.0. The highest BCUT2D eigenvalue weighted by Gasteiger charge is 2.12. The molecule has 0 bridgehead atoms. The third-order valence-corrected chi connectivity index (χ3v) is 5.30. The lowest BCUT2D eigenvalue weighted by molar-refractivity contribution is -0.130. The first-order chi connectivity index (χ1) is 15.2. The van der Waals surface area contributed by atoms with Crippen LogP contribution in [0.15, 0.2) is 48.7 Å². The van der Waals surface area contributed by atoms with E-state index in [-0.39, 0.29) is 12.5 Å². The van der Waals surface area contributed by atoms with Gasteiger partial charge in [-0.2, -0.15) is 0 Å². The summed E-state index contributed by atoms with van der Waals surface area (Å²) in [6.07, 6.45) is 8.17. The van der Waals surface area contributed by atoms with Gasteiger partial charge < -0.3 is 21.3 Å². The fraction of sp³-hybridized carbons (Fsp3) is 0.520. The second kappa shape index (κ2) is 15.5. The number of hydrogen-bond acceptors (Lipinski definition) is 5. The molecular formula is C25H39N5O.